The minimum absolute atomic E-state index is 0.0711. The molecule has 1 unspecified atom stereocenters. The van der Waals surface area contributed by atoms with Gasteiger partial charge in [-0.05, 0) is 38.0 Å². The second-order valence-electron chi connectivity index (χ2n) is 5.67. The Balaban J connectivity index is 1.69. The summed E-state index contributed by atoms with van der Waals surface area (Å²) in [5.74, 6) is 0.271. The second-order valence-corrected chi connectivity index (χ2v) is 5.67. The molecule has 0 bridgehead atoms. The molecule has 1 aromatic carbocycles. The number of ether oxygens (including phenoxy) is 1. The Hall–Kier alpha value is -2.54. The number of carbonyl (C=O) groups is 1. The molecule has 0 saturated carbocycles. The van der Waals surface area contributed by atoms with Gasteiger partial charge in [0.05, 0.1) is 6.10 Å². The summed E-state index contributed by atoms with van der Waals surface area (Å²) in [5.41, 5.74) is 0.818. The van der Waals surface area contributed by atoms with Gasteiger partial charge in [-0.1, -0.05) is 6.07 Å². The van der Waals surface area contributed by atoms with E-state index >= 15 is 0 Å². The van der Waals surface area contributed by atoms with Gasteiger partial charge in [0.25, 0.3) is 5.91 Å². The number of benzene rings is 1. The molecule has 2 N–H and O–H groups in total. The maximum absolute atomic E-state index is 13.3. The quantitative estimate of drug-likeness (QED) is 0.881. The van der Waals surface area contributed by atoms with Crippen molar-refractivity contribution < 1.29 is 13.9 Å². The van der Waals surface area contributed by atoms with E-state index < -0.39 is 0 Å². The Morgan fingerprint density at radius 3 is 3.00 bits per heavy atom. The largest absolute Gasteiger partial charge is 0.376 e. The van der Waals surface area contributed by atoms with Crippen LogP contribution in [0.25, 0.3) is 0 Å². The van der Waals surface area contributed by atoms with E-state index in [2.05, 4.69) is 20.6 Å². The van der Waals surface area contributed by atoms with Crippen LogP contribution >= 0.6 is 0 Å². The fourth-order valence-electron chi connectivity index (χ4n) is 2.56. The van der Waals surface area contributed by atoms with Crippen LogP contribution < -0.4 is 10.6 Å². The highest BCUT2D eigenvalue weighted by molar-refractivity contribution is 5.93. The van der Waals surface area contributed by atoms with Gasteiger partial charge in [0.1, 0.15) is 23.2 Å². The molecule has 1 saturated heterocycles. The molecular weight excluding hydrogens is 311 g/mol. The van der Waals surface area contributed by atoms with Gasteiger partial charge in [-0.2, -0.15) is 0 Å². The van der Waals surface area contributed by atoms with E-state index in [1.807, 2.05) is 0 Å². The Morgan fingerprint density at radius 1 is 1.38 bits per heavy atom. The smallest absolute Gasteiger partial charge is 0.270 e. The molecule has 1 atom stereocenters. The minimum atomic E-state index is -0.347. The highest BCUT2D eigenvalue weighted by Crippen LogP contribution is 2.16. The minimum Gasteiger partial charge on any atom is -0.376 e. The normalized spacial score (nSPS) is 16.8. The highest BCUT2D eigenvalue weighted by Gasteiger charge is 2.17. The van der Waals surface area contributed by atoms with Crippen molar-refractivity contribution in [2.45, 2.75) is 25.9 Å². The van der Waals surface area contributed by atoms with Crippen LogP contribution in [-0.4, -0.2) is 35.1 Å². The third kappa shape index (κ3) is 4.26. The molecular formula is C17H19FN4O2. The first-order valence-corrected chi connectivity index (χ1v) is 7.88. The van der Waals surface area contributed by atoms with Gasteiger partial charge in [0.15, 0.2) is 0 Å². The monoisotopic (exact) mass is 330 g/mol. The molecule has 0 aliphatic carbocycles. The zero-order valence-electron chi connectivity index (χ0n) is 13.4. The van der Waals surface area contributed by atoms with E-state index in [1.54, 1.807) is 25.1 Å². The van der Waals surface area contributed by atoms with Gasteiger partial charge < -0.3 is 15.4 Å². The Labute approximate surface area is 139 Å². The Bertz CT molecular complexity index is 732. The molecule has 2 heterocycles. The van der Waals surface area contributed by atoms with E-state index in [9.17, 15) is 9.18 Å². The summed E-state index contributed by atoms with van der Waals surface area (Å²) in [6.07, 6.45) is 2.05. The molecule has 0 spiro atoms. The lowest BCUT2D eigenvalue weighted by atomic mass is 10.2. The predicted octanol–water partition coefficient (Wildman–Crippen LogP) is 2.58. The average Bonchev–Trinajstić information content (AvgIpc) is 3.05. The number of halogens is 1. The molecule has 1 amide bonds. The molecule has 6 nitrogen and oxygen atoms in total. The fraction of sp³-hybridized carbons (Fsp3) is 0.353. The van der Waals surface area contributed by atoms with Crippen LogP contribution in [-0.2, 0) is 4.74 Å². The summed E-state index contributed by atoms with van der Waals surface area (Å²) in [4.78, 5) is 20.7. The first-order valence-electron chi connectivity index (χ1n) is 7.88. The fourth-order valence-corrected chi connectivity index (χ4v) is 2.56. The molecule has 126 valence electrons. The van der Waals surface area contributed by atoms with Crippen molar-refractivity contribution in [1.82, 2.24) is 15.3 Å². The first-order chi connectivity index (χ1) is 11.6. The average molecular weight is 330 g/mol. The van der Waals surface area contributed by atoms with E-state index in [4.69, 9.17) is 4.74 Å². The molecule has 7 heteroatoms. The van der Waals surface area contributed by atoms with Crippen LogP contribution in [0, 0.1) is 12.7 Å². The third-order valence-electron chi connectivity index (χ3n) is 3.68. The van der Waals surface area contributed by atoms with Gasteiger partial charge in [-0.25, -0.2) is 14.4 Å². The van der Waals surface area contributed by atoms with Gasteiger partial charge in [-0.15, -0.1) is 0 Å². The van der Waals surface area contributed by atoms with Crippen molar-refractivity contribution in [1.29, 1.82) is 0 Å². The molecule has 1 aromatic heterocycles. The lowest BCUT2D eigenvalue weighted by Crippen LogP contribution is -2.32. The molecule has 3 rings (SSSR count). The van der Waals surface area contributed by atoms with E-state index in [-0.39, 0.29) is 23.5 Å². The number of nitrogens with zero attached hydrogens (tertiary/aromatic N) is 2. The molecule has 1 aliphatic rings. The number of rotatable bonds is 5. The van der Waals surface area contributed by atoms with E-state index in [1.165, 1.54) is 12.1 Å². The molecule has 2 aromatic rings. The number of hydrogen-bond donors (Lipinski definition) is 2. The summed E-state index contributed by atoms with van der Waals surface area (Å²) in [5, 5.41) is 5.81. The van der Waals surface area contributed by atoms with Crippen molar-refractivity contribution in [2.24, 2.45) is 0 Å². The Morgan fingerprint density at radius 2 is 2.25 bits per heavy atom. The van der Waals surface area contributed by atoms with Crippen molar-refractivity contribution in [3.63, 3.8) is 0 Å². The molecule has 1 fully saturated rings. The van der Waals surface area contributed by atoms with Crippen LogP contribution in [0.4, 0.5) is 15.9 Å². The van der Waals surface area contributed by atoms with Crippen LogP contribution in [0.1, 0.15) is 29.2 Å². The summed E-state index contributed by atoms with van der Waals surface area (Å²) in [6, 6.07) is 7.58. The molecule has 1 aliphatic heterocycles. The van der Waals surface area contributed by atoms with E-state index in [0.717, 1.165) is 19.4 Å². The van der Waals surface area contributed by atoms with Crippen LogP contribution in [0.2, 0.25) is 0 Å². The van der Waals surface area contributed by atoms with Gasteiger partial charge >= 0.3 is 0 Å². The zero-order valence-corrected chi connectivity index (χ0v) is 13.4. The third-order valence-corrected chi connectivity index (χ3v) is 3.68. The number of carbonyl (C=O) groups excluding carboxylic acids is 1. The number of nitrogens with one attached hydrogen (secondary N) is 2. The summed E-state index contributed by atoms with van der Waals surface area (Å²) >= 11 is 0. The van der Waals surface area contributed by atoms with Crippen LogP contribution in [0.5, 0.6) is 0 Å². The topological polar surface area (TPSA) is 76.1 Å². The lowest BCUT2D eigenvalue weighted by molar-refractivity contribution is 0.0853. The SMILES string of the molecule is Cc1nc(Nc2cccc(F)c2)cc(C(=O)NCC2CCCO2)n1. The predicted molar refractivity (Wildman–Crippen MR) is 87.8 cm³/mol. The Kier molecular flexibility index (Phi) is 5.00. The number of anilines is 2. The standard InChI is InChI=1S/C17H19FN4O2/c1-11-20-15(17(23)19-10-14-6-3-7-24-14)9-16(21-11)22-13-5-2-4-12(18)8-13/h2,4-5,8-9,14H,3,6-7,10H2,1H3,(H,19,23)(H,20,21,22). The number of aryl methyl sites for hydroxylation is 1. The summed E-state index contributed by atoms with van der Waals surface area (Å²) < 4.78 is 18.7. The number of aromatic nitrogens is 2. The van der Waals surface area contributed by atoms with Crippen molar-refractivity contribution in [2.75, 3.05) is 18.5 Å². The zero-order chi connectivity index (χ0) is 16.9. The number of amides is 1. The first kappa shape index (κ1) is 16.3. The molecule has 24 heavy (non-hydrogen) atoms. The van der Waals surface area contributed by atoms with Crippen molar-refractivity contribution in [3.05, 3.63) is 47.7 Å². The summed E-state index contributed by atoms with van der Waals surface area (Å²) in [7, 11) is 0. The lowest BCUT2D eigenvalue weighted by Gasteiger charge is -2.12. The molecule has 0 radical (unpaired) electrons. The van der Waals surface area contributed by atoms with Gasteiger partial charge in [-0.3, -0.25) is 4.79 Å². The summed E-state index contributed by atoms with van der Waals surface area (Å²) in [6.45, 7) is 2.91. The second kappa shape index (κ2) is 7.35. The van der Waals surface area contributed by atoms with Crippen LogP contribution in [0.15, 0.2) is 30.3 Å². The van der Waals surface area contributed by atoms with Gasteiger partial charge in [0, 0.05) is 24.9 Å². The maximum atomic E-state index is 13.3. The van der Waals surface area contributed by atoms with Crippen molar-refractivity contribution in [3.8, 4) is 0 Å². The number of hydrogen-bond acceptors (Lipinski definition) is 5. The highest BCUT2D eigenvalue weighted by atomic mass is 19.1. The van der Waals surface area contributed by atoms with E-state index in [0.29, 0.717) is 23.9 Å². The van der Waals surface area contributed by atoms with Crippen LogP contribution in [0.3, 0.4) is 0 Å². The van der Waals surface area contributed by atoms with Crippen molar-refractivity contribution >= 4 is 17.4 Å². The maximum Gasteiger partial charge on any atom is 0.270 e. The van der Waals surface area contributed by atoms with Gasteiger partial charge in [0.2, 0.25) is 0 Å².